The molecule has 32 heavy (non-hydrogen) atoms. The van der Waals surface area contributed by atoms with Crippen molar-refractivity contribution < 1.29 is 9.90 Å². The molecule has 4 rings (SSSR count). The number of aryl methyl sites for hydroxylation is 2. The van der Waals surface area contributed by atoms with Gasteiger partial charge < -0.3 is 10.4 Å². The van der Waals surface area contributed by atoms with Crippen LogP contribution in [-0.2, 0) is 24.1 Å². The second-order valence-corrected chi connectivity index (χ2v) is 9.38. The standard InChI is InChI=1S/C25H27Cl2N3O2/c1-15-2-4-16(5-3-15)18-12-22(26)21(23(27)13-18)11-17(25(31)32)8-9-28-20-6-7-24-19(10-20)14-29-30-24/h2-5,12-14,17,20,28H,6-11H2,1H3,(H,29,30)(H,31,32)/t17-,20-/m0/s1. The number of aliphatic carboxylic acids is 1. The van der Waals surface area contributed by atoms with Crippen LogP contribution >= 0.6 is 23.2 Å². The molecule has 3 N–H and O–H groups in total. The van der Waals surface area contributed by atoms with Gasteiger partial charge >= 0.3 is 5.97 Å². The van der Waals surface area contributed by atoms with Gasteiger partial charge in [-0.15, -0.1) is 0 Å². The first-order valence-corrected chi connectivity index (χ1v) is 11.7. The topological polar surface area (TPSA) is 78.0 Å². The lowest BCUT2D eigenvalue weighted by Gasteiger charge is -2.23. The second-order valence-electron chi connectivity index (χ2n) is 8.56. The summed E-state index contributed by atoms with van der Waals surface area (Å²) >= 11 is 13.1. The number of fused-ring (bicyclic) bond motifs is 1. The predicted molar refractivity (Wildman–Crippen MR) is 128 cm³/mol. The number of carboxylic acid groups (broad SMARTS) is 1. The second kappa shape index (κ2) is 10.1. The third-order valence-electron chi connectivity index (χ3n) is 6.26. The van der Waals surface area contributed by atoms with Crippen molar-refractivity contribution in [3.05, 3.63) is 75.0 Å². The number of hydrogen-bond acceptors (Lipinski definition) is 3. The van der Waals surface area contributed by atoms with E-state index in [-0.39, 0.29) is 0 Å². The summed E-state index contributed by atoms with van der Waals surface area (Å²) in [6.07, 6.45) is 5.64. The van der Waals surface area contributed by atoms with Crippen molar-refractivity contribution in [3.8, 4) is 11.1 Å². The van der Waals surface area contributed by atoms with Gasteiger partial charge in [-0.1, -0.05) is 53.0 Å². The Kier molecular flexibility index (Phi) is 7.19. The molecule has 0 saturated carbocycles. The molecule has 0 amide bonds. The Hall–Kier alpha value is -2.34. The van der Waals surface area contributed by atoms with E-state index < -0.39 is 11.9 Å². The van der Waals surface area contributed by atoms with Crippen LogP contribution in [0.5, 0.6) is 0 Å². The molecule has 0 radical (unpaired) electrons. The number of nitrogens with zero attached hydrogens (tertiary/aromatic N) is 1. The van der Waals surface area contributed by atoms with Crippen LogP contribution in [0, 0.1) is 12.8 Å². The molecule has 0 unspecified atom stereocenters. The van der Waals surface area contributed by atoms with E-state index in [4.69, 9.17) is 23.2 Å². The van der Waals surface area contributed by atoms with Crippen molar-refractivity contribution in [2.45, 2.75) is 45.1 Å². The van der Waals surface area contributed by atoms with Crippen molar-refractivity contribution in [1.29, 1.82) is 0 Å². The lowest BCUT2D eigenvalue weighted by molar-refractivity contribution is -0.141. The van der Waals surface area contributed by atoms with Crippen molar-refractivity contribution in [3.63, 3.8) is 0 Å². The van der Waals surface area contributed by atoms with E-state index in [1.165, 1.54) is 11.1 Å². The molecule has 7 heteroatoms. The maximum absolute atomic E-state index is 11.9. The van der Waals surface area contributed by atoms with Gasteiger partial charge in [-0.05, 0) is 80.0 Å². The van der Waals surface area contributed by atoms with Gasteiger partial charge in [0.15, 0.2) is 0 Å². The Morgan fingerprint density at radius 3 is 2.62 bits per heavy atom. The van der Waals surface area contributed by atoms with E-state index >= 15 is 0 Å². The van der Waals surface area contributed by atoms with Crippen LogP contribution in [0.3, 0.4) is 0 Å². The Balaban J connectivity index is 1.39. The molecule has 5 nitrogen and oxygen atoms in total. The summed E-state index contributed by atoms with van der Waals surface area (Å²) in [6.45, 7) is 2.67. The molecule has 1 aliphatic rings. The molecule has 0 aliphatic heterocycles. The fraction of sp³-hybridized carbons (Fsp3) is 0.360. The number of hydrogen-bond donors (Lipinski definition) is 3. The maximum Gasteiger partial charge on any atom is 0.306 e. The molecule has 0 spiro atoms. The van der Waals surface area contributed by atoms with Gasteiger partial charge in [-0.2, -0.15) is 5.10 Å². The zero-order chi connectivity index (χ0) is 22.7. The smallest absolute Gasteiger partial charge is 0.306 e. The van der Waals surface area contributed by atoms with Gasteiger partial charge in [0.05, 0.1) is 11.6 Å². The number of rotatable bonds is 8. The van der Waals surface area contributed by atoms with E-state index in [9.17, 15) is 9.90 Å². The molecule has 1 heterocycles. The van der Waals surface area contributed by atoms with Gasteiger partial charge in [0.1, 0.15) is 0 Å². The SMILES string of the molecule is Cc1ccc(-c2cc(Cl)c(C[C@H](CCN[C@H]3CCc4n[nH]cc4C3)C(=O)O)c(Cl)c2)cc1. The van der Waals surface area contributed by atoms with Crippen LogP contribution in [0.2, 0.25) is 10.0 Å². The summed E-state index contributed by atoms with van der Waals surface area (Å²) in [5, 5.41) is 21.5. The van der Waals surface area contributed by atoms with Gasteiger partial charge in [-0.25, -0.2) is 0 Å². The number of aromatic nitrogens is 2. The Labute approximate surface area is 198 Å². The highest BCUT2D eigenvalue weighted by Crippen LogP contribution is 2.34. The summed E-state index contributed by atoms with van der Waals surface area (Å²) < 4.78 is 0. The molecule has 2 atom stereocenters. The zero-order valence-corrected chi connectivity index (χ0v) is 19.5. The summed E-state index contributed by atoms with van der Waals surface area (Å²) in [5.74, 6) is -1.39. The third-order valence-corrected chi connectivity index (χ3v) is 6.93. The quantitative estimate of drug-likeness (QED) is 0.406. The highest BCUT2D eigenvalue weighted by atomic mass is 35.5. The van der Waals surface area contributed by atoms with Crippen LogP contribution in [-0.4, -0.2) is 33.9 Å². The molecule has 1 aliphatic carbocycles. The Bertz CT molecular complexity index is 1070. The molecule has 0 saturated heterocycles. The van der Waals surface area contributed by atoms with Crippen molar-refractivity contribution in [2.24, 2.45) is 5.92 Å². The first-order chi connectivity index (χ1) is 15.4. The highest BCUT2D eigenvalue weighted by Gasteiger charge is 2.24. The van der Waals surface area contributed by atoms with Crippen LogP contribution in [0.4, 0.5) is 0 Å². The Morgan fingerprint density at radius 2 is 1.94 bits per heavy atom. The summed E-state index contributed by atoms with van der Waals surface area (Å²) in [7, 11) is 0. The minimum absolute atomic E-state index is 0.305. The molecule has 0 bridgehead atoms. The lowest BCUT2D eigenvalue weighted by Crippen LogP contribution is -2.36. The number of carbonyl (C=O) groups is 1. The minimum atomic E-state index is -0.831. The monoisotopic (exact) mass is 471 g/mol. The van der Waals surface area contributed by atoms with Gasteiger partial charge in [0, 0.05) is 22.3 Å². The van der Waals surface area contributed by atoms with Crippen LogP contribution in [0.25, 0.3) is 11.1 Å². The van der Waals surface area contributed by atoms with Crippen molar-refractivity contribution >= 4 is 29.2 Å². The van der Waals surface area contributed by atoms with Gasteiger partial charge in [-0.3, -0.25) is 9.89 Å². The number of benzene rings is 2. The molecular weight excluding hydrogens is 445 g/mol. The first-order valence-electron chi connectivity index (χ1n) is 10.9. The van der Waals surface area contributed by atoms with E-state index in [1.807, 2.05) is 49.5 Å². The molecule has 0 fully saturated rings. The van der Waals surface area contributed by atoms with Gasteiger partial charge in [0.2, 0.25) is 0 Å². The maximum atomic E-state index is 11.9. The largest absolute Gasteiger partial charge is 0.481 e. The summed E-state index contributed by atoms with van der Waals surface area (Å²) in [5.41, 5.74) is 6.21. The molecular formula is C25H27Cl2N3O2. The fourth-order valence-electron chi connectivity index (χ4n) is 4.32. The van der Waals surface area contributed by atoms with Crippen molar-refractivity contribution in [1.82, 2.24) is 15.5 Å². The molecule has 2 aromatic carbocycles. The minimum Gasteiger partial charge on any atom is -0.481 e. The lowest BCUT2D eigenvalue weighted by atomic mass is 9.92. The average molecular weight is 472 g/mol. The zero-order valence-electron chi connectivity index (χ0n) is 18.0. The number of H-pyrrole nitrogens is 1. The van der Waals surface area contributed by atoms with E-state index in [1.54, 1.807) is 0 Å². The summed E-state index contributed by atoms with van der Waals surface area (Å²) in [6, 6.07) is 12.2. The number of aromatic amines is 1. The van der Waals surface area contributed by atoms with Crippen LogP contribution in [0.15, 0.2) is 42.6 Å². The van der Waals surface area contributed by atoms with E-state index in [0.717, 1.165) is 36.1 Å². The third kappa shape index (κ3) is 5.34. The molecule has 3 aromatic rings. The molecule has 1 aromatic heterocycles. The Morgan fingerprint density at radius 1 is 1.22 bits per heavy atom. The average Bonchev–Trinajstić information content (AvgIpc) is 3.23. The number of halogens is 2. The fourth-order valence-corrected chi connectivity index (χ4v) is 4.96. The van der Waals surface area contributed by atoms with E-state index in [2.05, 4.69) is 15.5 Å². The van der Waals surface area contributed by atoms with E-state index in [0.29, 0.717) is 41.0 Å². The van der Waals surface area contributed by atoms with Gasteiger partial charge in [0.25, 0.3) is 0 Å². The normalized spacial score (nSPS) is 16.5. The van der Waals surface area contributed by atoms with Crippen LogP contribution in [0.1, 0.15) is 35.2 Å². The predicted octanol–water partition coefficient (Wildman–Crippen LogP) is 5.47. The van der Waals surface area contributed by atoms with Crippen LogP contribution < -0.4 is 5.32 Å². The number of carboxylic acids is 1. The first kappa shape index (κ1) is 22.8. The van der Waals surface area contributed by atoms with Crippen molar-refractivity contribution in [2.75, 3.05) is 6.54 Å². The molecule has 168 valence electrons. The summed E-state index contributed by atoms with van der Waals surface area (Å²) in [4.78, 5) is 11.9. The number of nitrogens with one attached hydrogen (secondary N) is 2. The highest BCUT2D eigenvalue weighted by molar-refractivity contribution is 6.36.